The van der Waals surface area contributed by atoms with Gasteiger partial charge in [-0.15, -0.1) is 0 Å². The topological polar surface area (TPSA) is 64.7 Å². The van der Waals surface area contributed by atoms with Gasteiger partial charge in [-0.3, -0.25) is 14.2 Å². The largest absolute Gasteiger partial charge is 0.350 e. The standard InChI is InChI=1S/C15H21F2N5O/c1-5-21-10(3)12(8-19-21)7-18-15(23)11(4)22-9(2)6-13(20-22)14(16)17/h6,8,11,14H,5,7H2,1-4H3,(H,18,23). The summed E-state index contributed by atoms with van der Waals surface area (Å²) in [5.41, 5.74) is 2.13. The van der Waals surface area contributed by atoms with Crippen LogP contribution < -0.4 is 5.32 Å². The summed E-state index contributed by atoms with van der Waals surface area (Å²) in [5, 5.41) is 10.8. The normalized spacial score (nSPS) is 12.7. The van der Waals surface area contributed by atoms with Crippen LogP contribution in [0.2, 0.25) is 0 Å². The third-order valence-corrected chi connectivity index (χ3v) is 3.87. The van der Waals surface area contributed by atoms with Gasteiger partial charge in [0.1, 0.15) is 11.7 Å². The molecule has 2 rings (SSSR count). The fraction of sp³-hybridized carbons (Fsp3) is 0.533. The van der Waals surface area contributed by atoms with E-state index in [1.807, 2.05) is 18.5 Å². The molecule has 6 nitrogen and oxygen atoms in total. The zero-order chi connectivity index (χ0) is 17.1. The summed E-state index contributed by atoms with van der Waals surface area (Å²) in [6, 6.07) is 0.633. The Hall–Kier alpha value is -2.25. The number of hydrogen-bond acceptors (Lipinski definition) is 3. The molecule has 2 heterocycles. The predicted molar refractivity (Wildman–Crippen MR) is 81.1 cm³/mol. The number of hydrogen-bond donors (Lipinski definition) is 1. The second kappa shape index (κ2) is 6.89. The maximum Gasteiger partial charge on any atom is 0.282 e. The molecule has 0 spiro atoms. The number of nitrogens with zero attached hydrogens (tertiary/aromatic N) is 4. The van der Waals surface area contributed by atoms with E-state index in [1.165, 1.54) is 10.7 Å². The summed E-state index contributed by atoms with van der Waals surface area (Å²) in [6.45, 7) is 8.32. The van der Waals surface area contributed by atoms with Crippen molar-refractivity contribution in [1.29, 1.82) is 0 Å². The molecule has 0 radical (unpaired) electrons. The van der Waals surface area contributed by atoms with Crippen LogP contribution in [-0.2, 0) is 17.9 Å². The third kappa shape index (κ3) is 3.57. The molecule has 0 saturated carbocycles. The van der Waals surface area contributed by atoms with Crippen molar-refractivity contribution in [3.05, 3.63) is 34.9 Å². The van der Waals surface area contributed by atoms with Gasteiger partial charge in [0.15, 0.2) is 0 Å². The van der Waals surface area contributed by atoms with Crippen LogP contribution in [0.4, 0.5) is 8.78 Å². The minimum absolute atomic E-state index is 0.277. The van der Waals surface area contributed by atoms with Gasteiger partial charge in [0.2, 0.25) is 5.91 Å². The van der Waals surface area contributed by atoms with E-state index in [4.69, 9.17) is 0 Å². The van der Waals surface area contributed by atoms with E-state index in [1.54, 1.807) is 20.0 Å². The van der Waals surface area contributed by atoms with Crippen molar-refractivity contribution in [1.82, 2.24) is 24.9 Å². The lowest BCUT2D eigenvalue weighted by molar-refractivity contribution is -0.124. The van der Waals surface area contributed by atoms with Crippen molar-refractivity contribution in [2.24, 2.45) is 0 Å². The summed E-state index contributed by atoms with van der Waals surface area (Å²) in [6.07, 6.45) is -0.926. The van der Waals surface area contributed by atoms with Gasteiger partial charge in [0.05, 0.1) is 6.20 Å². The summed E-state index contributed by atoms with van der Waals surface area (Å²) in [4.78, 5) is 12.2. The average Bonchev–Trinajstić information content (AvgIpc) is 3.07. The first-order chi connectivity index (χ1) is 10.8. The fourth-order valence-electron chi connectivity index (χ4n) is 2.43. The molecule has 1 atom stereocenters. The van der Waals surface area contributed by atoms with Crippen molar-refractivity contribution < 1.29 is 13.6 Å². The van der Waals surface area contributed by atoms with E-state index in [0.29, 0.717) is 12.2 Å². The smallest absolute Gasteiger partial charge is 0.282 e. The highest BCUT2D eigenvalue weighted by atomic mass is 19.3. The Morgan fingerprint density at radius 1 is 1.39 bits per heavy atom. The Morgan fingerprint density at radius 2 is 2.09 bits per heavy atom. The molecule has 1 amide bonds. The lowest BCUT2D eigenvalue weighted by Crippen LogP contribution is -2.31. The molecule has 1 N–H and O–H groups in total. The van der Waals surface area contributed by atoms with E-state index in [-0.39, 0.29) is 11.6 Å². The number of carbonyl (C=O) groups excluding carboxylic acids is 1. The predicted octanol–water partition coefficient (Wildman–Crippen LogP) is 2.53. The summed E-state index contributed by atoms with van der Waals surface area (Å²) in [7, 11) is 0. The summed E-state index contributed by atoms with van der Waals surface area (Å²) >= 11 is 0. The zero-order valence-corrected chi connectivity index (χ0v) is 13.7. The Bertz CT molecular complexity index is 692. The van der Waals surface area contributed by atoms with Gasteiger partial charge in [-0.25, -0.2) is 8.78 Å². The van der Waals surface area contributed by atoms with E-state index in [0.717, 1.165) is 17.8 Å². The number of rotatable bonds is 6. The molecule has 2 aromatic rings. The Balaban J connectivity index is 2.04. The van der Waals surface area contributed by atoms with Crippen molar-refractivity contribution in [2.75, 3.05) is 0 Å². The molecule has 0 fully saturated rings. The molecule has 8 heteroatoms. The molecular weight excluding hydrogens is 304 g/mol. The van der Waals surface area contributed by atoms with E-state index >= 15 is 0 Å². The molecule has 126 valence electrons. The van der Waals surface area contributed by atoms with Crippen LogP contribution in [0.1, 0.15) is 49.0 Å². The molecule has 23 heavy (non-hydrogen) atoms. The maximum atomic E-state index is 12.7. The van der Waals surface area contributed by atoms with Gasteiger partial charge in [0.25, 0.3) is 6.43 Å². The molecule has 0 aliphatic carbocycles. The summed E-state index contributed by atoms with van der Waals surface area (Å²) in [5.74, 6) is -0.277. The monoisotopic (exact) mass is 325 g/mol. The van der Waals surface area contributed by atoms with Gasteiger partial charge < -0.3 is 5.32 Å². The zero-order valence-electron chi connectivity index (χ0n) is 13.7. The third-order valence-electron chi connectivity index (χ3n) is 3.87. The number of amides is 1. The molecule has 0 bridgehead atoms. The number of carbonyl (C=O) groups is 1. The van der Waals surface area contributed by atoms with Gasteiger partial charge in [-0.05, 0) is 33.8 Å². The highest BCUT2D eigenvalue weighted by Crippen LogP contribution is 2.20. The Labute approximate surface area is 133 Å². The second-order valence-electron chi connectivity index (χ2n) is 5.42. The lowest BCUT2D eigenvalue weighted by atomic mass is 10.2. The number of aryl methyl sites for hydroxylation is 2. The van der Waals surface area contributed by atoms with Gasteiger partial charge in [0, 0.05) is 30.0 Å². The average molecular weight is 325 g/mol. The Morgan fingerprint density at radius 3 is 2.61 bits per heavy atom. The first-order valence-corrected chi connectivity index (χ1v) is 7.48. The van der Waals surface area contributed by atoms with Crippen LogP contribution in [0.15, 0.2) is 12.3 Å². The van der Waals surface area contributed by atoms with E-state index in [2.05, 4.69) is 15.5 Å². The molecule has 0 saturated heterocycles. The van der Waals surface area contributed by atoms with Crippen molar-refractivity contribution in [2.45, 2.75) is 53.3 Å². The highest BCUT2D eigenvalue weighted by molar-refractivity contribution is 5.79. The van der Waals surface area contributed by atoms with Crippen LogP contribution in [-0.4, -0.2) is 25.5 Å². The van der Waals surface area contributed by atoms with Gasteiger partial charge in [-0.1, -0.05) is 0 Å². The molecule has 0 aliphatic rings. The van der Waals surface area contributed by atoms with Crippen LogP contribution in [0.5, 0.6) is 0 Å². The SMILES string of the molecule is CCn1ncc(CNC(=O)C(C)n2nc(C(F)F)cc2C)c1C. The molecular formula is C15H21F2N5O. The first-order valence-electron chi connectivity index (χ1n) is 7.48. The number of alkyl halides is 2. The van der Waals surface area contributed by atoms with Crippen molar-refractivity contribution in [3.8, 4) is 0 Å². The fourth-order valence-corrected chi connectivity index (χ4v) is 2.43. The minimum Gasteiger partial charge on any atom is -0.350 e. The van der Waals surface area contributed by atoms with E-state index in [9.17, 15) is 13.6 Å². The van der Waals surface area contributed by atoms with Gasteiger partial charge >= 0.3 is 0 Å². The number of aromatic nitrogens is 4. The van der Waals surface area contributed by atoms with Crippen molar-refractivity contribution >= 4 is 5.91 Å². The van der Waals surface area contributed by atoms with Gasteiger partial charge in [-0.2, -0.15) is 10.2 Å². The maximum absolute atomic E-state index is 12.7. The number of halogens is 2. The number of nitrogens with one attached hydrogen (secondary N) is 1. The molecule has 0 aromatic carbocycles. The van der Waals surface area contributed by atoms with Crippen LogP contribution in [0.25, 0.3) is 0 Å². The van der Waals surface area contributed by atoms with Crippen molar-refractivity contribution in [3.63, 3.8) is 0 Å². The minimum atomic E-state index is -2.65. The van der Waals surface area contributed by atoms with Crippen LogP contribution in [0, 0.1) is 13.8 Å². The molecule has 1 unspecified atom stereocenters. The highest BCUT2D eigenvalue weighted by Gasteiger charge is 2.21. The van der Waals surface area contributed by atoms with E-state index < -0.39 is 12.5 Å². The lowest BCUT2D eigenvalue weighted by Gasteiger charge is -2.14. The molecule has 2 aromatic heterocycles. The Kier molecular flexibility index (Phi) is 5.12. The van der Waals surface area contributed by atoms with Crippen LogP contribution in [0.3, 0.4) is 0 Å². The molecule has 0 aliphatic heterocycles. The second-order valence-corrected chi connectivity index (χ2v) is 5.42. The first kappa shape index (κ1) is 17.1. The quantitative estimate of drug-likeness (QED) is 0.887. The van der Waals surface area contributed by atoms with Crippen LogP contribution >= 0.6 is 0 Å². The summed E-state index contributed by atoms with van der Waals surface area (Å²) < 4.78 is 28.5.